The molecule has 3 rings (SSSR count). The number of nitriles is 1. The molecule has 12 heteroatoms. The van der Waals surface area contributed by atoms with Gasteiger partial charge in [-0.25, -0.2) is 12.8 Å². The number of hydrogen-bond acceptors (Lipinski definition) is 7. The van der Waals surface area contributed by atoms with Crippen molar-refractivity contribution in [3.05, 3.63) is 57.8 Å². The third-order valence-corrected chi connectivity index (χ3v) is 7.74. The molecular weight excluding hydrogens is 496 g/mol. The summed E-state index contributed by atoms with van der Waals surface area (Å²) in [6.45, 7) is 0.144. The van der Waals surface area contributed by atoms with Crippen LogP contribution < -0.4 is 10.1 Å². The van der Waals surface area contributed by atoms with E-state index in [1.807, 2.05) is 0 Å². The second-order valence-corrected chi connectivity index (χ2v) is 10.6. The first kappa shape index (κ1) is 25.6. The highest BCUT2D eigenvalue weighted by Gasteiger charge is 2.49. The van der Waals surface area contributed by atoms with Crippen molar-refractivity contribution in [3.8, 4) is 11.8 Å². The smallest absolute Gasteiger partial charge is 0.244 e. The Kier molecular flexibility index (Phi) is 8.18. The fourth-order valence-electron chi connectivity index (χ4n) is 3.43. The molecule has 0 radical (unpaired) electrons. The standard InChI is InChI=1S/C21H22Cl2FN3O5S/c22-15-2-4-20(18(23)5-15)33(30,31)27-11-21(12-27,10-26-8-16(29)9-28)13-32-17-3-1-14(7-25)19(24)6-17/h1-6,16,26,28-29H,8-13H2. The van der Waals surface area contributed by atoms with Gasteiger partial charge in [0.25, 0.3) is 0 Å². The maximum absolute atomic E-state index is 13.9. The zero-order valence-electron chi connectivity index (χ0n) is 17.3. The van der Waals surface area contributed by atoms with Crippen LogP contribution >= 0.6 is 23.2 Å². The van der Waals surface area contributed by atoms with E-state index in [-0.39, 0.29) is 54.0 Å². The summed E-state index contributed by atoms with van der Waals surface area (Å²) in [6.07, 6.45) is -0.969. The average Bonchev–Trinajstić information content (AvgIpc) is 2.74. The van der Waals surface area contributed by atoms with E-state index >= 15 is 0 Å². The maximum Gasteiger partial charge on any atom is 0.244 e. The Morgan fingerprint density at radius 2 is 2.00 bits per heavy atom. The van der Waals surface area contributed by atoms with Crippen molar-refractivity contribution in [2.75, 3.05) is 39.4 Å². The van der Waals surface area contributed by atoms with Crippen molar-refractivity contribution < 1.29 is 27.8 Å². The Morgan fingerprint density at radius 1 is 1.27 bits per heavy atom. The number of halogens is 3. The maximum atomic E-state index is 13.9. The number of rotatable bonds is 10. The summed E-state index contributed by atoms with van der Waals surface area (Å²) in [7, 11) is -3.89. The molecule has 1 fully saturated rings. The summed E-state index contributed by atoms with van der Waals surface area (Å²) in [5.41, 5.74) is -0.802. The highest BCUT2D eigenvalue weighted by molar-refractivity contribution is 7.89. The lowest BCUT2D eigenvalue weighted by Crippen LogP contribution is -2.64. The van der Waals surface area contributed by atoms with Crippen LogP contribution in [0.5, 0.6) is 5.75 Å². The Balaban J connectivity index is 1.74. The van der Waals surface area contributed by atoms with Crippen LogP contribution in [-0.4, -0.2) is 68.4 Å². The van der Waals surface area contributed by atoms with E-state index in [2.05, 4.69) is 5.32 Å². The van der Waals surface area contributed by atoms with Gasteiger partial charge in [0.1, 0.15) is 22.5 Å². The van der Waals surface area contributed by atoms with Gasteiger partial charge in [-0.1, -0.05) is 23.2 Å². The number of nitrogens with zero attached hydrogens (tertiary/aromatic N) is 2. The van der Waals surface area contributed by atoms with E-state index in [9.17, 15) is 17.9 Å². The summed E-state index contributed by atoms with van der Waals surface area (Å²) in [6, 6.07) is 9.71. The molecule has 8 nitrogen and oxygen atoms in total. The number of hydrogen-bond donors (Lipinski definition) is 3. The lowest BCUT2D eigenvalue weighted by atomic mass is 9.82. The number of benzene rings is 2. The Bertz CT molecular complexity index is 1150. The molecule has 178 valence electrons. The molecule has 0 spiro atoms. The third-order valence-electron chi connectivity index (χ3n) is 5.23. The van der Waals surface area contributed by atoms with E-state index in [1.54, 1.807) is 6.07 Å². The molecular formula is C21H22Cl2FN3O5S. The summed E-state index contributed by atoms with van der Waals surface area (Å²) in [4.78, 5) is -0.0686. The van der Waals surface area contributed by atoms with Gasteiger partial charge < -0.3 is 20.3 Å². The average molecular weight is 518 g/mol. The molecule has 1 atom stereocenters. The number of aliphatic hydroxyl groups is 2. The van der Waals surface area contributed by atoms with Crippen LogP contribution in [0.15, 0.2) is 41.3 Å². The molecule has 33 heavy (non-hydrogen) atoms. The zero-order valence-corrected chi connectivity index (χ0v) is 19.7. The van der Waals surface area contributed by atoms with Gasteiger partial charge in [0.15, 0.2) is 0 Å². The van der Waals surface area contributed by atoms with Gasteiger partial charge in [-0.15, -0.1) is 0 Å². The van der Waals surface area contributed by atoms with Gasteiger partial charge >= 0.3 is 0 Å². The summed E-state index contributed by atoms with van der Waals surface area (Å²) in [5.74, 6) is -0.522. The predicted octanol–water partition coefficient (Wildman–Crippen LogP) is 2.02. The molecule has 0 saturated carbocycles. The largest absolute Gasteiger partial charge is 0.493 e. The van der Waals surface area contributed by atoms with E-state index < -0.39 is 34.0 Å². The molecule has 1 saturated heterocycles. The zero-order chi connectivity index (χ0) is 24.2. The summed E-state index contributed by atoms with van der Waals surface area (Å²) >= 11 is 12.0. The molecule has 0 amide bonds. The molecule has 0 aliphatic carbocycles. The summed E-state index contributed by atoms with van der Waals surface area (Å²) in [5, 5.41) is 30.7. The molecule has 1 unspecified atom stereocenters. The van der Waals surface area contributed by atoms with E-state index in [1.165, 1.54) is 34.6 Å². The highest BCUT2D eigenvalue weighted by atomic mass is 35.5. The van der Waals surface area contributed by atoms with Crippen LogP contribution in [0.2, 0.25) is 10.0 Å². The molecule has 1 aliphatic heterocycles. The molecule has 1 aliphatic rings. The van der Waals surface area contributed by atoms with Gasteiger partial charge in [0.2, 0.25) is 10.0 Å². The quantitative estimate of drug-likeness (QED) is 0.440. The minimum absolute atomic E-state index is 0.00787. The molecule has 2 aromatic carbocycles. The van der Waals surface area contributed by atoms with Gasteiger partial charge in [-0.05, 0) is 30.3 Å². The molecule has 1 heterocycles. The molecule has 0 aromatic heterocycles. The van der Waals surface area contributed by atoms with Crippen molar-refractivity contribution in [2.24, 2.45) is 5.41 Å². The van der Waals surface area contributed by atoms with E-state index in [0.29, 0.717) is 5.02 Å². The van der Waals surface area contributed by atoms with Crippen molar-refractivity contribution in [3.63, 3.8) is 0 Å². The Hall–Kier alpha value is -1.97. The van der Waals surface area contributed by atoms with Crippen LogP contribution in [0.3, 0.4) is 0 Å². The van der Waals surface area contributed by atoms with Gasteiger partial charge in [0.05, 0.1) is 29.9 Å². The number of ether oxygens (including phenoxy) is 1. The minimum atomic E-state index is -3.89. The minimum Gasteiger partial charge on any atom is -0.493 e. The molecule has 3 N–H and O–H groups in total. The number of aliphatic hydroxyl groups excluding tert-OH is 2. The first-order valence-electron chi connectivity index (χ1n) is 9.87. The van der Waals surface area contributed by atoms with Crippen molar-refractivity contribution in [2.45, 2.75) is 11.0 Å². The van der Waals surface area contributed by atoms with Gasteiger partial charge in [0, 0.05) is 42.7 Å². The van der Waals surface area contributed by atoms with Crippen molar-refractivity contribution in [1.29, 1.82) is 5.26 Å². The first-order chi connectivity index (χ1) is 15.6. The highest BCUT2D eigenvalue weighted by Crippen LogP contribution is 2.37. The Labute approximate surface area is 201 Å². The number of sulfonamides is 1. The van der Waals surface area contributed by atoms with Crippen LogP contribution in [0, 0.1) is 22.6 Å². The SMILES string of the molecule is N#Cc1ccc(OCC2(CNCC(O)CO)CN(S(=O)(=O)c3ccc(Cl)cc3Cl)C2)cc1F. The van der Waals surface area contributed by atoms with E-state index in [0.717, 1.165) is 6.07 Å². The topological polar surface area (TPSA) is 123 Å². The second-order valence-electron chi connectivity index (χ2n) is 7.86. The van der Waals surface area contributed by atoms with Crippen molar-refractivity contribution >= 4 is 33.2 Å². The van der Waals surface area contributed by atoms with E-state index in [4.69, 9.17) is 38.3 Å². The fourth-order valence-corrected chi connectivity index (χ4v) is 5.84. The fraction of sp³-hybridized carbons (Fsp3) is 0.381. The lowest BCUT2D eigenvalue weighted by molar-refractivity contribution is 0.0146. The lowest BCUT2D eigenvalue weighted by Gasteiger charge is -2.49. The monoisotopic (exact) mass is 517 g/mol. The van der Waals surface area contributed by atoms with Crippen LogP contribution in [-0.2, 0) is 10.0 Å². The van der Waals surface area contributed by atoms with Gasteiger partial charge in [-0.2, -0.15) is 9.57 Å². The predicted molar refractivity (Wildman–Crippen MR) is 120 cm³/mol. The first-order valence-corrected chi connectivity index (χ1v) is 12.1. The van der Waals surface area contributed by atoms with Crippen molar-refractivity contribution in [1.82, 2.24) is 9.62 Å². The second kappa shape index (κ2) is 10.5. The summed E-state index contributed by atoms with van der Waals surface area (Å²) < 4.78 is 46.9. The molecule has 0 bridgehead atoms. The normalized spacial score (nSPS) is 16.6. The van der Waals surface area contributed by atoms with Crippen LogP contribution in [0.25, 0.3) is 0 Å². The van der Waals surface area contributed by atoms with Crippen LogP contribution in [0.1, 0.15) is 5.56 Å². The van der Waals surface area contributed by atoms with Gasteiger partial charge in [-0.3, -0.25) is 0 Å². The Morgan fingerprint density at radius 3 is 2.61 bits per heavy atom. The third kappa shape index (κ3) is 5.94. The number of nitrogens with one attached hydrogen (secondary N) is 1. The molecule has 2 aromatic rings. The van der Waals surface area contributed by atoms with Crippen LogP contribution in [0.4, 0.5) is 4.39 Å².